The number of carbonyl (C=O) groups is 1. The maximum absolute atomic E-state index is 13.2. The summed E-state index contributed by atoms with van der Waals surface area (Å²) in [5.74, 6) is -2.02. The van der Waals surface area contributed by atoms with E-state index in [4.69, 9.17) is 0 Å². The van der Waals surface area contributed by atoms with Crippen LogP contribution in [0.25, 0.3) is 0 Å². The SMILES string of the molecule is O=C(c1cnns1)c1cc(F)ccc1F. The lowest BCUT2D eigenvalue weighted by Crippen LogP contribution is -2.02. The van der Waals surface area contributed by atoms with Crippen molar-refractivity contribution in [1.29, 1.82) is 0 Å². The molecule has 0 spiro atoms. The van der Waals surface area contributed by atoms with Gasteiger partial charge >= 0.3 is 0 Å². The van der Waals surface area contributed by atoms with Crippen LogP contribution >= 0.6 is 11.5 Å². The van der Waals surface area contributed by atoms with Crippen molar-refractivity contribution < 1.29 is 13.6 Å². The van der Waals surface area contributed by atoms with Crippen molar-refractivity contribution >= 4 is 17.3 Å². The fourth-order valence-electron chi connectivity index (χ4n) is 1.07. The van der Waals surface area contributed by atoms with Crippen LogP contribution in [0.15, 0.2) is 24.4 Å². The smallest absolute Gasteiger partial charge is 0.209 e. The minimum absolute atomic E-state index is 0.180. The molecule has 15 heavy (non-hydrogen) atoms. The van der Waals surface area contributed by atoms with Crippen molar-refractivity contribution in [3.63, 3.8) is 0 Å². The van der Waals surface area contributed by atoms with Gasteiger partial charge < -0.3 is 0 Å². The van der Waals surface area contributed by atoms with Gasteiger partial charge in [0.15, 0.2) is 0 Å². The number of ketones is 1. The van der Waals surface area contributed by atoms with E-state index in [1.165, 1.54) is 6.20 Å². The maximum atomic E-state index is 13.2. The Morgan fingerprint density at radius 1 is 1.33 bits per heavy atom. The van der Waals surface area contributed by atoms with E-state index in [-0.39, 0.29) is 10.4 Å². The number of aromatic nitrogens is 2. The number of nitrogens with zero attached hydrogens (tertiary/aromatic N) is 2. The van der Waals surface area contributed by atoms with E-state index in [0.717, 1.165) is 29.7 Å². The number of rotatable bonds is 2. The average Bonchev–Trinajstić information content (AvgIpc) is 2.74. The number of hydrogen-bond acceptors (Lipinski definition) is 4. The van der Waals surface area contributed by atoms with Gasteiger partial charge in [-0.05, 0) is 29.7 Å². The van der Waals surface area contributed by atoms with Crippen LogP contribution in [0.4, 0.5) is 8.78 Å². The molecular weight excluding hydrogens is 222 g/mol. The number of halogens is 2. The number of benzene rings is 1. The second-order valence-electron chi connectivity index (χ2n) is 2.74. The molecule has 76 valence electrons. The summed E-state index contributed by atoms with van der Waals surface area (Å²) in [5, 5.41) is 3.45. The average molecular weight is 226 g/mol. The Balaban J connectivity index is 2.46. The molecule has 0 bridgehead atoms. The molecule has 0 amide bonds. The molecule has 0 radical (unpaired) electrons. The third-order valence-electron chi connectivity index (χ3n) is 1.76. The van der Waals surface area contributed by atoms with E-state index in [1.807, 2.05) is 0 Å². The monoisotopic (exact) mass is 226 g/mol. The van der Waals surface area contributed by atoms with Gasteiger partial charge in [-0.2, -0.15) is 0 Å². The van der Waals surface area contributed by atoms with E-state index in [2.05, 4.69) is 9.59 Å². The van der Waals surface area contributed by atoms with Gasteiger partial charge in [0.05, 0.1) is 11.8 Å². The Hall–Kier alpha value is -1.69. The quantitative estimate of drug-likeness (QED) is 0.736. The molecule has 0 aliphatic heterocycles. The highest BCUT2D eigenvalue weighted by Crippen LogP contribution is 2.16. The van der Waals surface area contributed by atoms with Crippen LogP contribution < -0.4 is 0 Å². The van der Waals surface area contributed by atoms with Gasteiger partial charge in [-0.15, -0.1) is 5.10 Å². The lowest BCUT2D eigenvalue weighted by atomic mass is 10.1. The standard InChI is InChI=1S/C9H4F2N2OS/c10-5-1-2-7(11)6(3-5)9(14)8-4-12-13-15-8/h1-4H. The third kappa shape index (κ3) is 1.89. The van der Waals surface area contributed by atoms with Gasteiger partial charge in [0.2, 0.25) is 5.78 Å². The largest absolute Gasteiger partial charge is 0.287 e. The molecule has 0 aliphatic carbocycles. The van der Waals surface area contributed by atoms with E-state index in [9.17, 15) is 13.6 Å². The van der Waals surface area contributed by atoms with Crippen molar-refractivity contribution in [3.05, 3.63) is 46.5 Å². The first kappa shape index (κ1) is 9.85. The van der Waals surface area contributed by atoms with Gasteiger partial charge in [0, 0.05) is 0 Å². The Labute approximate surface area is 87.5 Å². The van der Waals surface area contributed by atoms with Crippen LogP contribution in [0, 0.1) is 11.6 Å². The molecule has 1 aromatic carbocycles. The zero-order valence-corrected chi connectivity index (χ0v) is 8.09. The summed E-state index contributed by atoms with van der Waals surface area (Å²) in [6.07, 6.45) is 1.22. The van der Waals surface area contributed by atoms with E-state index in [1.54, 1.807) is 0 Å². The Bertz CT molecular complexity index is 499. The highest BCUT2D eigenvalue weighted by atomic mass is 32.1. The predicted molar refractivity (Wildman–Crippen MR) is 49.7 cm³/mol. The molecule has 3 nitrogen and oxygen atoms in total. The molecule has 0 fully saturated rings. The minimum atomic E-state index is -0.755. The van der Waals surface area contributed by atoms with E-state index >= 15 is 0 Å². The van der Waals surface area contributed by atoms with Gasteiger partial charge in [-0.1, -0.05) is 4.49 Å². The molecule has 0 unspecified atom stereocenters. The van der Waals surface area contributed by atoms with Crippen LogP contribution in [0.5, 0.6) is 0 Å². The molecular formula is C9H4F2N2OS. The van der Waals surface area contributed by atoms with Crippen LogP contribution in [-0.4, -0.2) is 15.4 Å². The zero-order chi connectivity index (χ0) is 10.8. The van der Waals surface area contributed by atoms with Crippen LogP contribution in [0.1, 0.15) is 15.2 Å². The second kappa shape index (κ2) is 3.82. The molecule has 2 aromatic rings. The first-order chi connectivity index (χ1) is 7.18. The molecule has 0 saturated carbocycles. The fraction of sp³-hybridized carbons (Fsp3) is 0. The van der Waals surface area contributed by atoms with Gasteiger partial charge in [0.1, 0.15) is 16.5 Å². The summed E-state index contributed by atoms with van der Waals surface area (Å²) in [6, 6.07) is 2.73. The summed E-state index contributed by atoms with van der Waals surface area (Å²) in [5.41, 5.74) is -0.305. The number of hydrogen-bond donors (Lipinski definition) is 0. The maximum Gasteiger partial charge on any atom is 0.209 e. The van der Waals surface area contributed by atoms with E-state index in [0.29, 0.717) is 0 Å². The summed E-state index contributed by atoms with van der Waals surface area (Å²) in [4.78, 5) is 11.8. The Morgan fingerprint density at radius 3 is 2.80 bits per heavy atom. The summed E-state index contributed by atoms with van der Waals surface area (Å²) in [7, 11) is 0. The van der Waals surface area contributed by atoms with Crippen molar-refractivity contribution in [2.75, 3.05) is 0 Å². The molecule has 0 atom stereocenters. The van der Waals surface area contributed by atoms with E-state index < -0.39 is 17.4 Å². The second-order valence-corrected chi connectivity index (χ2v) is 3.52. The van der Waals surface area contributed by atoms with Crippen molar-refractivity contribution in [1.82, 2.24) is 9.59 Å². The molecule has 0 saturated heterocycles. The molecule has 1 aromatic heterocycles. The first-order valence-corrected chi connectivity index (χ1v) is 4.73. The molecule has 6 heteroatoms. The summed E-state index contributed by atoms with van der Waals surface area (Å²) >= 11 is 0.841. The lowest BCUT2D eigenvalue weighted by Gasteiger charge is -1.99. The van der Waals surface area contributed by atoms with Crippen molar-refractivity contribution in [3.8, 4) is 0 Å². The van der Waals surface area contributed by atoms with Crippen LogP contribution in [0.3, 0.4) is 0 Å². The first-order valence-electron chi connectivity index (χ1n) is 3.95. The van der Waals surface area contributed by atoms with Gasteiger partial charge in [-0.25, -0.2) is 8.78 Å². The Morgan fingerprint density at radius 2 is 2.13 bits per heavy atom. The third-order valence-corrected chi connectivity index (χ3v) is 2.42. The summed E-state index contributed by atoms with van der Waals surface area (Å²) in [6.45, 7) is 0. The highest BCUT2D eigenvalue weighted by Gasteiger charge is 2.16. The minimum Gasteiger partial charge on any atom is -0.287 e. The number of carbonyl (C=O) groups excluding carboxylic acids is 1. The summed E-state index contributed by atoms with van der Waals surface area (Å²) < 4.78 is 29.5. The molecule has 0 aliphatic rings. The molecule has 2 rings (SSSR count). The van der Waals surface area contributed by atoms with Gasteiger partial charge in [-0.3, -0.25) is 4.79 Å². The lowest BCUT2D eigenvalue weighted by molar-refractivity contribution is 0.103. The highest BCUT2D eigenvalue weighted by molar-refractivity contribution is 7.08. The van der Waals surface area contributed by atoms with Crippen LogP contribution in [0.2, 0.25) is 0 Å². The molecule has 0 N–H and O–H groups in total. The predicted octanol–water partition coefficient (Wildman–Crippen LogP) is 2.05. The Kier molecular flexibility index (Phi) is 2.51. The zero-order valence-electron chi connectivity index (χ0n) is 7.28. The van der Waals surface area contributed by atoms with Crippen molar-refractivity contribution in [2.45, 2.75) is 0 Å². The van der Waals surface area contributed by atoms with Gasteiger partial charge in [0.25, 0.3) is 0 Å². The topological polar surface area (TPSA) is 42.9 Å². The normalized spacial score (nSPS) is 10.3. The molecule has 1 heterocycles. The fourth-order valence-corrected chi connectivity index (χ4v) is 1.54. The van der Waals surface area contributed by atoms with Crippen LogP contribution in [-0.2, 0) is 0 Å². The van der Waals surface area contributed by atoms with Crippen molar-refractivity contribution in [2.24, 2.45) is 0 Å².